The number of benzene rings is 1. The Balaban J connectivity index is 2.09. The normalized spacial score (nSPS) is 9.93. The molecule has 0 saturated carbocycles. The maximum atomic E-state index is 11.5. The average Bonchev–Trinajstić information content (AvgIpc) is 2.74. The molecule has 1 aromatic carbocycles. The topological polar surface area (TPSA) is 57.8 Å². The molecule has 1 amide bonds. The van der Waals surface area contributed by atoms with Crippen LogP contribution in [0.3, 0.4) is 0 Å². The zero-order valence-corrected chi connectivity index (χ0v) is 8.45. The smallest absolute Gasteiger partial charge is 0.291 e. The Labute approximate surface area is 91.3 Å². The van der Waals surface area contributed by atoms with E-state index in [1.165, 1.54) is 6.20 Å². The van der Waals surface area contributed by atoms with Crippen LogP contribution < -0.4 is 5.32 Å². The highest BCUT2D eigenvalue weighted by Gasteiger charge is 2.07. The summed E-state index contributed by atoms with van der Waals surface area (Å²) in [6.07, 6.45) is 3.12. The van der Waals surface area contributed by atoms with E-state index in [2.05, 4.69) is 15.3 Å². The number of nitrogens with zero attached hydrogens (tertiary/aromatic N) is 1. The molecule has 2 N–H and O–H groups in total. The first-order valence-electron chi connectivity index (χ1n) is 4.32. The van der Waals surface area contributed by atoms with Gasteiger partial charge in [-0.25, -0.2) is 4.98 Å². The van der Waals surface area contributed by atoms with Gasteiger partial charge in [0.05, 0.1) is 0 Å². The fraction of sp³-hybridized carbons (Fsp3) is 0. The monoisotopic (exact) mass is 221 g/mol. The molecule has 0 aliphatic rings. The molecule has 15 heavy (non-hydrogen) atoms. The predicted molar refractivity (Wildman–Crippen MR) is 58.0 cm³/mol. The third-order valence-electron chi connectivity index (χ3n) is 1.82. The summed E-state index contributed by atoms with van der Waals surface area (Å²) in [5.74, 6) is 0.00673. The lowest BCUT2D eigenvalue weighted by Crippen LogP contribution is -2.13. The average molecular weight is 222 g/mol. The minimum Gasteiger partial charge on any atom is -0.341 e. The van der Waals surface area contributed by atoms with E-state index in [1.54, 1.807) is 30.5 Å². The van der Waals surface area contributed by atoms with Crippen LogP contribution in [0.25, 0.3) is 0 Å². The number of H-pyrrole nitrogens is 1. The SMILES string of the molecule is O=C(Nc1ccc(Cl)cc1)c1ncc[nH]1. The number of halogens is 1. The zero-order chi connectivity index (χ0) is 10.7. The van der Waals surface area contributed by atoms with Crippen molar-refractivity contribution in [1.82, 2.24) is 9.97 Å². The summed E-state index contributed by atoms with van der Waals surface area (Å²) in [5.41, 5.74) is 0.681. The van der Waals surface area contributed by atoms with Crippen LogP contribution >= 0.6 is 11.6 Å². The van der Waals surface area contributed by atoms with Crippen LogP contribution in [0.5, 0.6) is 0 Å². The van der Waals surface area contributed by atoms with Gasteiger partial charge in [0.25, 0.3) is 5.91 Å². The van der Waals surface area contributed by atoms with E-state index >= 15 is 0 Å². The van der Waals surface area contributed by atoms with E-state index in [0.717, 1.165) is 0 Å². The van der Waals surface area contributed by atoms with Crippen LogP contribution in [0, 0.1) is 0 Å². The van der Waals surface area contributed by atoms with E-state index in [1.807, 2.05) is 0 Å². The first kappa shape index (κ1) is 9.73. The molecule has 0 fully saturated rings. The highest BCUT2D eigenvalue weighted by atomic mass is 35.5. The molecule has 1 heterocycles. The van der Waals surface area contributed by atoms with Gasteiger partial charge in [-0.3, -0.25) is 4.79 Å². The van der Waals surface area contributed by atoms with Crippen molar-refractivity contribution in [3.8, 4) is 0 Å². The van der Waals surface area contributed by atoms with Crippen LogP contribution in [0.4, 0.5) is 5.69 Å². The summed E-state index contributed by atoms with van der Waals surface area (Å²) >= 11 is 5.72. The van der Waals surface area contributed by atoms with Crippen LogP contribution in [0.1, 0.15) is 10.6 Å². The van der Waals surface area contributed by atoms with Crippen LogP contribution in [0.15, 0.2) is 36.7 Å². The van der Waals surface area contributed by atoms with Gasteiger partial charge in [0.2, 0.25) is 0 Å². The summed E-state index contributed by atoms with van der Waals surface area (Å²) in [6.45, 7) is 0. The molecule has 4 nitrogen and oxygen atoms in total. The Morgan fingerprint density at radius 1 is 1.33 bits per heavy atom. The lowest BCUT2D eigenvalue weighted by Gasteiger charge is -2.02. The molecule has 2 rings (SSSR count). The van der Waals surface area contributed by atoms with Crippen molar-refractivity contribution in [2.24, 2.45) is 0 Å². The van der Waals surface area contributed by atoms with Crippen LogP contribution in [-0.2, 0) is 0 Å². The van der Waals surface area contributed by atoms with Crippen molar-refractivity contribution < 1.29 is 4.79 Å². The summed E-state index contributed by atoms with van der Waals surface area (Å²) in [7, 11) is 0. The fourth-order valence-electron chi connectivity index (χ4n) is 1.11. The van der Waals surface area contributed by atoms with Crippen molar-refractivity contribution in [1.29, 1.82) is 0 Å². The van der Waals surface area contributed by atoms with Gasteiger partial charge in [0.15, 0.2) is 5.82 Å². The van der Waals surface area contributed by atoms with Crippen molar-refractivity contribution in [3.63, 3.8) is 0 Å². The van der Waals surface area contributed by atoms with Crippen molar-refractivity contribution >= 4 is 23.2 Å². The Morgan fingerprint density at radius 3 is 2.67 bits per heavy atom. The number of amides is 1. The molecular formula is C10H8ClN3O. The van der Waals surface area contributed by atoms with Gasteiger partial charge in [0, 0.05) is 23.1 Å². The number of hydrogen-bond acceptors (Lipinski definition) is 2. The number of carbonyl (C=O) groups excluding carboxylic acids is 1. The minimum atomic E-state index is -0.276. The van der Waals surface area contributed by atoms with Gasteiger partial charge in [-0.05, 0) is 24.3 Å². The molecule has 76 valence electrons. The molecule has 0 bridgehead atoms. The fourth-order valence-corrected chi connectivity index (χ4v) is 1.24. The molecule has 2 aromatic rings. The number of aromatic amines is 1. The van der Waals surface area contributed by atoms with Crippen LogP contribution in [0.2, 0.25) is 5.02 Å². The van der Waals surface area contributed by atoms with Crippen LogP contribution in [-0.4, -0.2) is 15.9 Å². The van der Waals surface area contributed by atoms with Gasteiger partial charge in [-0.2, -0.15) is 0 Å². The highest BCUT2D eigenvalue weighted by molar-refractivity contribution is 6.30. The molecule has 0 aliphatic carbocycles. The summed E-state index contributed by atoms with van der Waals surface area (Å²) in [5, 5.41) is 3.31. The van der Waals surface area contributed by atoms with E-state index in [-0.39, 0.29) is 11.7 Å². The Morgan fingerprint density at radius 2 is 2.07 bits per heavy atom. The van der Waals surface area contributed by atoms with Gasteiger partial charge in [0.1, 0.15) is 0 Å². The lowest BCUT2D eigenvalue weighted by atomic mass is 10.3. The Kier molecular flexibility index (Phi) is 2.69. The zero-order valence-electron chi connectivity index (χ0n) is 7.70. The largest absolute Gasteiger partial charge is 0.341 e. The summed E-state index contributed by atoms with van der Waals surface area (Å²) in [4.78, 5) is 18.1. The van der Waals surface area contributed by atoms with Gasteiger partial charge >= 0.3 is 0 Å². The Bertz CT molecular complexity index is 450. The van der Waals surface area contributed by atoms with Crippen molar-refractivity contribution in [3.05, 3.63) is 47.5 Å². The van der Waals surface area contributed by atoms with Gasteiger partial charge in [-0.1, -0.05) is 11.6 Å². The van der Waals surface area contributed by atoms with E-state index < -0.39 is 0 Å². The number of hydrogen-bond donors (Lipinski definition) is 2. The van der Waals surface area contributed by atoms with Crippen molar-refractivity contribution in [2.45, 2.75) is 0 Å². The third-order valence-corrected chi connectivity index (χ3v) is 2.07. The first-order valence-corrected chi connectivity index (χ1v) is 4.70. The standard InChI is InChI=1S/C10H8ClN3O/c11-7-1-3-8(4-2-7)14-10(15)9-12-5-6-13-9/h1-6H,(H,12,13)(H,14,15). The second-order valence-electron chi connectivity index (χ2n) is 2.90. The Hall–Kier alpha value is -1.81. The molecule has 0 radical (unpaired) electrons. The van der Waals surface area contributed by atoms with Crippen molar-refractivity contribution in [2.75, 3.05) is 5.32 Å². The molecule has 0 unspecified atom stereocenters. The number of anilines is 1. The summed E-state index contributed by atoms with van der Waals surface area (Å²) in [6, 6.07) is 6.87. The highest BCUT2D eigenvalue weighted by Crippen LogP contribution is 2.13. The molecule has 0 aliphatic heterocycles. The second kappa shape index (κ2) is 4.14. The van der Waals surface area contributed by atoms with Gasteiger partial charge in [-0.15, -0.1) is 0 Å². The lowest BCUT2D eigenvalue weighted by molar-refractivity contribution is 0.101. The number of rotatable bonds is 2. The molecule has 5 heteroatoms. The number of nitrogens with one attached hydrogen (secondary N) is 2. The molecular weight excluding hydrogens is 214 g/mol. The maximum absolute atomic E-state index is 11.5. The minimum absolute atomic E-state index is 0.276. The van der Waals surface area contributed by atoms with E-state index in [0.29, 0.717) is 10.7 Å². The summed E-state index contributed by atoms with van der Waals surface area (Å²) < 4.78 is 0. The molecule has 0 saturated heterocycles. The molecule has 0 atom stereocenters. The third kappa shape index (κ3) is 2.35. The quantitative estimate of drug-likeness (QED) is 0.818. The van der Waals surface area contributed by atoms with E-state index in [4.69, 9.17) is 11.6 Å². The number of carbonyl (C=O) groups is 1. The number of aromatic nitrogens is 2. The second-order valence-corrected chi connectivity index (χ2v) is 3.34. The predicted octanol–water partition coefficient (Wildman–Crippen LogP) is 2.32. The maximum Gasteiger partial charge on any atom is 0.291 e. The van der Waals surface area contributed by atoms with Gasteiger partial charge < -0.3 is 10.3 Å². The number of imidazole rings is 1. The molecule has 0 spiro atoms. The first-order chi connectivity index (χ1) is 7.25. The molecule has 1 aromatic heterocycles. The van der Waals surface area contributed by atoms with E-state index in [9.17, 15) is 4.79 Å².